The van der Waals surface area contributed by atoms with E-state index >= 15 is 0 Å². The summed E-state index contributed by atoms with van der Waals surface area (Å²) in [6.07, 6.45) is 2.07. The van der Waals surface area contributed by atoms with Crippen molar-refractivity contribution < 1.29 is 19.0 Å². The Hall–Kier alpha value is -1.79. The molecule has 1 atom stereocenters. The molecule has 6 heteroatoms. The van der Waals surface area contributed by atoms with Gasteiger partial charge in [0.2, 0.25) is 12.7 Å². The number of hydrogen-bond acceptors (Lipinski definition) is 5. The lowest BCUT2D eigenvalue weighted by atomic mass is 9.74. The first-order chi connectivity index (χ1) is 11.1. The third-order valence-corrected chi connectivity index (χ3v) is 4.57. The molecule has 1 saturated heterocycles. The van der Waals surface area contributed by atoms with Gasteiger partial charge in [0, 0.05) is 37.6 Å². The Morgan fingerprint density at radius 2 is 2.04 bits per heavy atom. The SMILES string of the molecule is CC(N)CC(=O)NCC1(c2ccc3c(c2)OCO3)CCOCC1. The summed E-state index contributed by atoms with van der Waals surface area (Å²) in [4.78, 5) is 12.0. The Morgan fingerprint density at radius 1 is 1.30 bits per heavy atom. The second kappa shape index (κ2) is 6.76. The molecule has 3 N–H and O–H groups in total. The zero-order valence-electron chi connectivity index (χ0n) is 13.5. The van der Waals surface area contributed by atoms with E-state index in [-0.39, 0.29) is 24.2 Å². The summed E-state index contributed by atoms with van der Waals surface area (Å²) in [5.74, 6) is 1.54. The van der Waals surface area contributed by atoms with Crippen molar-refractivity contribution in [2.24, 2.45) is 5.73 Å². The van der Waals surface area contributed by atoms with Gasteiger partial charge in [-0.2, -0.15) is 0 Å². The van der Waals surface area contributed by atoms with Crippen LogP contribution in [-0.4, -0.2) is 38.5 Å². The topological polar surface area (TPSA) is 82.8 Å². The highest BCUT2D eigenvalue weighted by atomic mass is 16.7. The third kappa shape index (κ3) is 3.59. The number of nitrogens with two attached hydrogens (primary N) is 1. The van der Waals surface area contributed by atoms with Crippen LogP contribution in [0.5, 0.6) is 11.5 Å². The van der Waals surface area contributed by atoms with E-state index in [4.69, 9.17) is 19.9 Å². The van der Waals surface area contributed by atoms with Gasteiger partial charge in [-0.15, -0.1) is 0 Å². The van der Waals surface area contributed by atoms with Gasteiger partial charge >= 0.3 is 0 Å². The highest BCUT2D eigenvalue weighted by molar-refractivity contribution is 5.76. The Balaban J connectivity index is 1.78. The molecule has 2 aliphatic rings. The maximum atomic E-state index is 12.0. The van der Waals surface area contributed by atoms with Gasteiger partial charge in [0.1, 0.15) is 0 Å². The average Bonchev–Trinajstić information content (AvgIpc) is 3.01. The number of carbonyl (C=O) groups is 1. The molecule has 3 rings (SSSR count). The molecule has 0 aromatic heterocycles. The van der Waals surface area contributed by atoms with Crippen molar-refractivity contribution in [3.05, 3.63) is 23.8 Å². The minimum atomic E-state index is -0.133. The standard InChI is InChI=1S/C17H24N2O4/c1-12(18)8-16(20)19-10-17(4-6-21-7-5-17)13-2-3-14-15(9-13)23-11-22-14/h2-3,9,12H,4-8,10-11,18H2,1H3,(H,19,20). The van der Waals surface area contributed by atoms with Crippen LogP contribution in [0.2, 0.25) is 0 Å². The van der Waals surface area contributed by atoms with Gasteiger partial charge in [-0.1, -0.05) is 6.07 Å². The van der Waals surface area contributed by atoms with E-state index in [0.29, 0.717) is 26.2 Å². The molecule has 23 heavy (non-hydrogen) atoms. The molecule has 2 heterocycles. The van der Waals surface area contributed by atoms with Crippen LogP contribution in [0, 0.1) is 0 Å². The summed E-state index contributed by atoms with van der Waals surface area (Å²) in [6.45, 7) is 4.07. The van der Waals surface area contributed by atoms with Gasteiger partial charge in [0.25, 0.3) is 0 Å². The molecule has 1 unspecified atom stereocenters. The number of nitrogens with one attached hydrogen (secondary N) is 1. The van der Waals surface area contributed by atoms with Crippen molar-refractivity contribution >= 4 is 5.91 Å². The van der Waals surface area contributed by atoms with E-state index in [0.717, 1.165) is 29.9 Å². The van der Waals surface area contributed by atoms with E-state index in [9.17, 15) is 4.79 Å². The van der Waals surface area contributed by atoms with Crippen molar-refractivity contribution in [3.8, 4) is 11.5 Å². The van der Waals surface area contributed by atoms with E-state index in [2.05, 4.69) is 11.4 Å². The van der Waals surface area contributed by atoms with E-state index in [1.807, 2.05) is 19.1 Å². The van der Waals surface area contributed by atoms with E-state index in [1.165, 1.54) is 0 Å². The van der Waals surface area contributed by atoms with Crippen molar-refractivity contribution in [2.45, 2.75) is 37.6 Å². The molecule has 1 amide bonds. The maximum Gasteiger partial charge on any atom is 0.231 e. The first kappa shape index (κ1) is 16.1. The number of fused-ring (bicyclic) bond motifs is 1. The van der Waals surface area contributed by atoms with Crippen LogP contribution in [0.25, 0.3) is 0 Å². The normalized spacial score (nSPS) is 20.1. The molecule has 0 saturated carbocycles. The maximum absolute atomic E-state index is 12.0. The highest BCUT2D eigenvalue weighted by Gasteiger charge is 2.36. The lowest BCUT2D eigenvalue weighted by molar-refractivity contribution is -0.121. The lowest BCUT2D eigenvalue weighted by Gasteiger charge is -2.38. The molecular formula is C17H24N2O4. The van der Waals surface area contributed by atoms with Crippen LogP contribution < -0.4 is 20.5 Å². The molecule has 0 spiro atoms. The summed E-state index contributed by atoms with van der Waals surface area (Å²) in [6, 6.07) is 5.91. The van der Waals surface area contributed by atoms with Crippen molar-refractivity contribution in [1.82, 2.24) is 5.32 Å². The first-order valence-corrected chi connectivity index (χ1v) is 8.09. The van der Waals surface area contributed by atoms with E-state index < -0.39 is 0 Å². The predicted octanol–water partition coefficient (Wildman–Crippen LogP) is 1.32. The molecule has 2 aliphatic heterocycles. The number of rotatable bonds is 5. The molecule has 126 valence electrons. The Labute approximate surface area is 136 Å². The third-order valence-electron chi connectivity index (χ3n) is 4.57. The van der Waals surface area contributed by atoms with Crippen molar-refractivity contribution in [3.63, 3.8) is 0 Å². The van der Waals surface area contributed by atoms with Gasteiger partial charge < -0.3 is 25.3 Å². The van der Waals surface area contributed by atoms with E-state index in [1.54, 1.807) is 0 Å². The fourth-order valence-corrected chi connectivity index (χ4v) is 3.19. The molecule has 0 radical (unpaired) electrons. The summed E-state index contributed by atoms with van der Waals surface area (Å²) >= 11 is 0. The zero-order valence-corrected chi connectivity index (χ0v) is 13.5. The summed E-state index contributed by atoms with van der Waals surface area (Å²) in [5, 5.41) is 3.04. The number of benzene rings is 1. The van der Waals surface area contributed by atoms with Crippen molar-refractivity contribution in [2.75, 3.05) is 26.6 Å². The van der Waals surface area contributed by atoms with Gasteiger partial charge in [0.15, 0.2) is 11.5 Å². The lowest BCUT2D eigenvalue weighted by Crippen LogP contribution is -2.45. The number of carbonyl (C=O) groups excluding carboxylic acids is 1. The minimum Gasteiger partial charge on any atom is -0.454 e. The summed E-state index contributed by atoms with van der Waals surface area (Å²) < 4.78 is 16.4. The quantitative estimate of drug-likeness (QED) is 0.855. The van der Waals surface area contributed by atoms with Crippen LogP contribution in [-0.2, 0) is 14.9 Å². The first-order valence-electron chi connectivity index (χ1n) is 8.09. The number of hydrogen-bond donors (Lipinski definition) is 2. The van der Waals surface area contributed by atoms with Crippen LogP contribution in [0.15, 0.2) is 18.2 Å². The molecule has 1 fully saturated rings. The molecule has 0 aliphatic carbocycles. The Kier molecular flexibility index (Phi) is 4.73. The predicted molar refractivity (Wildman–Crippen MR) is 85.6 cm³/mol. The molecule has 0 bridgehead atoms. The Morgan fingerprint density at radius 3 is 2.78 bits per heavy atom. The highest BCUT2D eigenvalue weighted by Crippen LogP contribution is 2.40. The monoisotopic (exact) mass is 320 g/mol. The van der Waals surface area contributed by atoms with Crippen LogP contribution in [0.4, 0.5) is 0 Å². The molecule has 6 nitrogen and oxygen atoms in total. The Bertz CT molecular complexity index is 568. The summed E-state index contributed by atoms with van der Waals surface area (Å²) in [5.41, 5.74) is 6.72. The second-order valence-corrected chi connectivity index (χ2v) is 6.42. The minimum absolute atomic E-state index is 0.00777. The molecule has 1 aromatic carbocycles. The van der Waals surface area contributed by atoms with Crippen LogP contribution >= 0.6 is 0 Å². The van der Waals surface area contributed by atoms with Crippen molar-refractivity contribution in [1.29, 1.82) is 0 Å². The fraction of sp³-hybridized carbons (Fsp3) is 0.588. The van der Waals surface area contributed by atoms with Crippen LogP contribution in [0.3, 0.4) is 0 Å². The second-order valence-electron chi connectivity index (χ2n) is 6.42. The molecule has 1 aromatic rings. The molecular weight excluding hydrogens is 296 g/mol. The van der Waals surface area contributed by atoms with Gasteiger partial charge in [-0.25, -0.2) is 0 Å². The summed E-state index contributed by atoms with van der Waals surface area (Å²) in [7, 11) is 0. The fourth-order valence-electron chi connectivity index (χ4n) is 3.19. The van der Waals surface area contributed by atoms with Crippen LogP contribution in [0.1, 0.15) is 31.7 Å². The average molecular weight is 320 g/mol. The number of ether oxygens (including phenoxy) is 3. The van der Waals surface area contributed by atoms with Gasteiger partial charge in [-0.3, -0.25) is 4.79 Å². The largest absolute Gasteiger partial charge is 0.454 e. The zero-order chi connectivity index (χ0) is 16.3. The smallest absolute Gasteiger partial charge is 0.231 e. The number of amides is 1. The van der Waals surface area contributed by atoms with Gasteiger partial charge in [0.05, 0.1) is 0 Å². The van der Waals surface area contributed by atoms with Gasteiger partial charge in [-0.05, 0) is 37.5 Å².